The Kier molecular flexibility index (Phi) is 6.60. The van der Waals surface area contributed by atoms with Crippen molar-refractivity contribution in [3.8, 4) is 17.6 Å². The molecule has 2 aromatic rings. The molecule has 8 nitrogen and oxygen atoms in total. The normalized spacial score (nSPS) is 10.6. The molecule has 144 valence electrons. The number of nitrogen functional groups attached to an aromatic ring is 1. The van der Waals surface area contributed by atoms with Gasteiger partial charge in [-0.3, -0.25) is 9.59 Å². The summed E-state index contributed by atoms with van der Waals surface area (Å²) in [5.74, 6) is -0.249. The van der Waals surface area contributed by atoms with E-state index in [1.54, 1.807) is 30.3 Å². The van der Waals surface area contributed by atoms with Crippen LogP contribution in [0.2, 0.25) is 0 Å². The lowest BCUT2D eigenvalue weighted by atomic mass is 10.2. The molecule has 2 amide bonds. The highest BCUT2D eigenvalue weighted by Gasteiger charge is 2.24. The van der Waals surface area contributed by atoms with Crippen molar-refractivity contribution in [3.63, 3.8) is 0 Å². The van der Waals surface area contributed by atoms with Gasteiger partial charge in [0.05, 0.1) is 25.6 Å². The minimum atomic E-state index is -0.769. The number of carbonyl (C=O) groups excluding carboxylic acids is 2. The molecule has 0 aliphatic heterocycles. The summed E-state index contributed by atoms with van der Waals surface area (Å²) in [6, 6.07) is 13.0. The van der Waals surface area contributed by atoms with Crippen LogP contribution in [0.1, 0.15) is 6.92 Å². The van der Waals surface area contributed by atoms with E-state index >= 15 is 0 Å². The molecule has 0 aliphatic carbocycles. The van der Waals surface area contributed by atoms with E-state index < -0.39 is 11.8 Å². The zero-order valence-electron chi connectivity index (χ0n) is 15.7. The van der Waals surface area contributed by atoms with Crippen molar-refractivity contribution in [3.05, 3.63) is 54.2 Å². The number of hydrogen-bond donors (Lipinski definition) is 2. The number of anilines is 3. The second kappa shape index (κ2) is 9.09. The van der Waals surface area contributed by atoms with E-state index in [1.807, 2.05) is 6.07 Å². The standard InChI is InChI=1S/C20H20N4O4/c1-13(25)24(16-6-4-15(22)5-7-16)20(26)14(11-21)12-23-18-10-17(27-2)8-9-19(18)28-3/h4-10,12,23H,22H2,1-3H3/b14-12-. The van der Waals surface area contributed by atoms with Crippen molar-refractivity contribution in [2.75, 3.05) is 30.2 Å². The lowest BCUT2D eigenvalue weighted by Gasteiger charge is -2.19. The smallest absolute Gasteiger partial charge is 0.277 e. The molecule has 2 aromatic carbocycles. The predicted octanol–water partition coefficient (Wildman–Crippen LogP) is 2.69. The lowest BCUT2D eigenvalue weighted by molar-refractivity contribution is -0.123. The molecule has 3 N–H and O–H groups in total. The molecule has 0 spiro atoms. The maximum Gasteiger partial charge on any atom is 0.277 e. The Morgan fingerprint density at radius 1 is 1.14 bits per heavy atom. The monoisotopic (exact) mass is 380 g/mol. The van der Waals surface area contributed by atoms with Gasteiger partial charge in [-0.25, -0.2) is 4.90 Å². The molecule has 0 aromatic heterocycles. The number of nitrogens with two attached hydrogens (primary N) is 1. The van der Waals surface area contributed by atoms with Crippen molar-refractivity contribution in [1.29, 1.82) is 5.26 Å². The van der Waals surface area contributed by atoms with E-state index in [9.17, 15) is 14.9 Å². The van der Waals surface area contributed by atoms with Gasteiger partial charge in [0, 0.05) is 24.9 Å². The first-order valence-electron chi connectivity index (χ1n) is 8.20. The van der Waals surface area contributed by atoms with Gasteiger partial charge >= 0.3 is 0 Å². The number of imide groups is 1. The Morgan fingerprint density at radius 3 is 2.36 bits per heavy atom. The fraction of sp³-hybridized carbons (Fsp3) is 0.150. The number of benzene rings is 2. The third kappa shape index (κ3) is 4.59. The van der Waals surface area contributed by atoms with Gasteiger partial charge in [-0.15, -0.1) is 0 Å². The Balaban J connectivity index is 2.35. The van der Waals surface area contributed by atoms with Gasteiger partial charge in [-0.2, -0.15) is 5.26 Å². The van der Waals surface area contributed by atoms with E-state index in [-0.39, 0.29) is 5.57 Å². The summed E-state index contributed by atoms with van der Waals surface area (Å²) in [7, 11) is 3.01. The first kappa shape index (κ1) is 20.3. The number of hydrogen-bond acceptors (Lipinski definition) is 7. The van der Waals surface area contributed by atoms with Crippen LogP contribution < -0.4 is 25.4 Å². The van der Waals surface area contributed by atoms with Crippen LogP contribution in [-0.4, -0.2) is 26.0 Å². The van der Waals surface area contributed by atoms with Crippen LogP contribution in [0, 0.1) is 11.3 Å². The van der Waals surface area contributed by atoms with Gasteiger partial charge in [0.15, 0.2) is 0 Å². The van der Waals surface area contributed by atoms with Gasteiger partial charge in [-0.05, 0) is 36.4 Å². The molecule has 0 saturated carbocycles. The minimum absolute atomic E-state index is 0.267. The molecule has 0 saturated heterocycles. The molecule has 2 rings (SSSR count). The van der Waals surface area contributed by atoms with E-state index in [0.717, 1.165) is 4.90 Å². The van der Waals surface area contributed by atoms with Crippen LogP contribution in [0.4, 0.5) is 17.1 Å². The molecule has 0 bridgehead atoms. The number of nitrogens with one attached hydrogen (secondary N) is 1. The van der Waals surface area contributed by atoms with Crippen LogP contribution >= 0.6 is 0 Å². The average molecular weight is 380 g/mol. The second-order valence-corrected chi connectivity index (χ2v) is 5.63. The molecular formula is C20H20N4O4. The average Bonchev–Trinajstić information content (AvgIpc) is 2.69. The summed E-state index contributed by atoms with van der Waals surface area (Å²) in [5.41, 5.74) is 6.67. The fourth-order valence-electron chi connectivity index (χ4n) is 2.40. The third-order valence-electron chi connectivity index (χ3n) is 3.80. The minimum Gasteiger partial charge on any atom is -0.497 e. The Morgan fingerprint density at radius 2 is 1.82 bits per heavy atom. The summed E-state index contributed by atoms with van der Waals surface area (Å²) < 4.78 is 10.4. The van der Waals surface area contributed by atoms with Gasteiger partial charge in [0.1, 0.15) is 23.1 Å². The van der Waals surface area contributed by atoms with Crippen molar-refractivity contribution in [2.45, 2.75) is 6.92 Å². The summed E-state index contributed by atoms with van der Waals surface area (Å²) in [4.78, 5) is 25.7. The highest BCUT2D eigenvalue weighted by Crippen LogP contribution is 2.29. The third-order valence-corrected chi connectivity index (χ3v) is 3.80. The van der Waals surface area contributed by atoms with Crippen molar-refractivity contribution in [2.24, 2.45) is 0 Å². The number of amides is 2. The van der Waals surface area contributed by atoms with E-state index in [4.69, 9.17) is 15.2 Å². The Bertz CT molecular complexity index is 946. The zero-order chi connectivity index (χ0) is 20.7. The van der Waals surface area contributed by atoms with Crippen LogP contribution in [-0.2, 0) is 9.59 Å². The number of nitriles is 1. The van der Waals surface area contributed by atoms with E-state index in [0.29, 0.717) is 28.6 Å². The Hall–Kier alpha value is -3.99. The maximum absolute atomic E-state index is 12.8. The van der Waals surface area contributed by atoms with Crippen molar-refractivity contribution < 1.29 is 19.1 Å². The number of rotatable bonds is 6. The molecule has 0 aliphatic rings. The molecule has 28 heavy (non-hydrogen) atoms. The van der Waals surface area contributed by atoms with Crippen LogP contribution in [0.5, 0.6) is 11.5 Å². The molecular weight excluding hydrogens is 360 g/mol. The SMILES string of the molecule is COc1ccc(OC)c(N/C=C(/C#N)C(=O)N(C(C)=O)c2ccc(N)cc2)c1. The van der Waals surface area contributed by atoms with E-state index in [1.165, 1.54) is 39.5 Å². The van der Waals surface area contributed by atoms with Crippen LogP contribution in [0.25, 0.3) is 0 Å². The second-order valence-electron chi connectivity index (χ2n) is 5.63. The summed E-state index contributed by atoms with van der Waals surface area (Å²) in [6.45, 7) is 1.24. The zero-order valence-corrected chi connectivity index (χ0v) is 15.7. The first-order chi connectivity index (χ1) is 13.4. The van der Waals surface area contributed by atoms with Gasteiger partial charge in [-0.1, -0.05) is 0 Å². The number of carbonyl (C=O) groups is 2. The number of nitrogens with zero attached hydrogens (tertiary/aromatic N) is 2. The molecule has 0 fully saturated rings. The number of ether oxygens (including phenoxy) is 2. The first-order valence-corrected chi connectivity index (χ1v) is 8.20. The van der Waals surface area contributed by atoms with Crippen molar-refractivity contribution in [1.82, 2.24) is 0 Å². The predicted molar refractivity (Wildman–Crippen MR) is 106 cm³/mol. The summed E-state index contributed by atoms with van der Waals surface area (Å²) >= 11 is 0. The molecule has 0 heterocycles. The number of methoxy groups -OCH3 is 2. The molecule has 8 heteroatoms. The lowest BCUT2D eigenvalue weighted by Crippen LogP contribution is -2.36. The van der Waals surface area contributed by atoms with Crippen LogP contribution in [0.15, 0.2) is 54.2 Å². The largest absolute Gasteiger partial charge is 0.497 e. The summed E-state index contributed by atoms with van der Waals surface area (Å²) in [5, 5.41) is 12.3. The fourth-order valence-corrected chi connectivity index (χ4v) is 2.40. The highest BCUT2D eigenvalue weighted by atomic mass is 16.5. The van der Waals surface area contributed by atoms with Gasteiger partial charge < -0.3 is 20.5 Å². The maximum atomic E-state index is 12.8. The topological polar surface area (TPSA) is 118 Å². The van der Waals surface area contributed by atoms with Gasteiger partial charge in [0.25, 0.3) is 5.91 Å². The molecule has 0 unspecified atom stereocenters. The quantitative estimate of drug-likeness (QED) is 0.449. The van der Waals surface area contributed by atoms with Crippen molar-refractivity contribution >= 4 is 28.9 Å². The van der Waals surface area contributed by atoms with Gasteiger partial charge in [0.2, 0.25) is 5.91 Å². The highest BCUT2D eigenvalue weighted by molar-refractivity contribution is 6.21. The summed E-state index contributed by atoms with van der Waals surface area (Å²) in [6.07, 6.45) is 1.22. The molecule has 0 radical (unpaired) electrons. The van der Waals surface area contributed by atoms with E-state index in [2.05, 4.69) is 5.32 Å². The Labute approximate surface area is 162 Å². The molecule has 0 atom stereocenters. The van der Waals surface area contributed by atoms with Crippen LogP contribution in [0.3, 0.4) is 0 Å².